The summed E-state index contributed by atoms with van der Waals surface area (Å²) in [6, 6.07) is 9.54. The van der Waals surface area contributed by atoms with Gasteiger partial charge in [-0.05, 0) is 42.2 Å². The topological polar surface area (TPSA) is 57.2 Å². The molecule has 24 heavy (non-hydrogen) atoms. The molecule has 0 saturated carbocycles. The highest BCUT2D eigenvalue weighted by molar-refractivity contribution is 5.51. The maximum Gasteiger partial charge on any atom is 0.164 e. The van der Waals surface area contributed by atoms with Gasteiger partial charge in [0.25, 0.3) is 0 Å². The Hall–Kier alpha value is -2.40. The third-order valence-electron chi connectivity index (χ3n) is 4.03. The number of hydrogen-bond acceptors (Lipinski definition) is 5. The van der Waals surface area contributed by atoms with E-state index in [0.29, 0.717) is 29.4 Å². The highest BCUT2D eigenvalue weighted by atomic mass is 16.5. The van der Waals surface area contributed by atoms with Gasteiger partial charge in [0.05, 0.1) is 35.0 Å². The Morgan fingerprint density at radius 1 is 0.750 bits per heavy atom. The van der Waals surface area contributed by atoms with Crippen molar-refractivity contribution in [3.8, 4) is 23.0 Å². The molecule has 0 atom stereocenters. The Morgan fingerprint density at radius 3 is 2.00 bits per heavy atom. The first-order valence-corrected chi connectivity index (χ1v) is 7.73. The van der Waals surface area contributed by atoms with Gasteiger partial charge in [0.2, 0.25) is 0 Å². The van der Waals surface area contributed by atoms with Crippen LogP contribution in [0.2, 0.25) is 0 Å². The molecule has 2 aromatic rings. The molecule has 0 unspecified atom stereocenters. The maximum atomic E-state index is 9.62. The van der Waals surface area contributed by atoms with E-state index in [4.69, 9.17) is 18.9 Å². The van der Waals surface area contributed by atoms with Crippen molar-refractivity contribution >= 4 is 0 Å². The molecule has 5 heteroatoms. The number of aliphatic hydroxyl groups is 1. The fourth-order valence-corrected chi connectivity index (χ4v) is 2.76. The van der Waals surface area contributed by atoms with Gasteiger partial charge >= 0.3 is 0 Å². The zero-order chi connectivity index (χ0) is 17.5. The standard InChI is InChI=1S/C19H24O5/c1-21-16-9-6-13(11-18(16)23-3)5-8-15-14(12-20)7-10-17(22-2)19(15)24-4/h6-7,9-11,20H,5,8,12H2,1-4H3. The number of benzene rings is 2. The van der Waals surface area contributed by atoms with Crippen LogP contribution in [-0.4, -0.2) is 33.5 Å². The molecule has 0 aromatic heterocycles. The number of hydrogen-bond donors (Lipinski definition) is 1. The molecule has 0 fully saturated rings. The summed E-state index contributed by atoms with van der Waals surface area (Å²) in [5.41, 5.74) is 2.91. The van der Waals surface area contributed by atoms with Gasteiger partial charge in [0.15, 0.2) is 23.0 Å². The highest BCUT2D eigenvalue weighted by Crippen LogP contribution is 2.35. The summed E-state index contributed by atoms with van der Waals surface area (Å²) in [5.74, 6) is 2.74. The number of ether oxygens (including phenoxy) is 4. The first-order valence-electron chi connectivity index (χ1n) is 7.73. The van der Waals surface area contributed by atoms with Gasteiger partial charge in [-0.2, -0.15) is 0 Å². The third kappa shape index (κ3) is 3.74. The van der Waals surface area contributed by atoms with Crippen LogP contribution < -0.4 is 18.9 Å². The molecule has 0 aliphatic rings. The zero-order valence-corrected chi connectivity index (χ0v) is 14.6. The van der Waals surface area contributed by atoms with E-state index in [9.17, 15) is 5.11 Å². The van der Waals surface area contributed by atoms with E-state index in [0.717, 1.165) is 23.1 Å². The highest BCUT2D eigenvalue weighted by Gasteiger charge is 2.15. The average Bonchev–Trinajstić information content (AvgIpc) is 2.64. The van der Waals surface area contributed by atoms with Crippen molar-refractivity contribution in [2.45, 2.75) is 19.4 Å². The SMILES string of the molecule is COc1ccc(CCc2c(CO)ccc(OC)c2OC)cc1OC. The Labute approximate surface area is 142 Å². The molecule has 0 heterocycles. The second-order valence-electron chi connectivity index (χ2n) is 5.29. The molecular formula is C19H24O5. The fraction of sp³-hybridized carbons (Fsp3) is 0.368. The molecule has 0 bridgehead atoms. The van der Waals surface area contributed by atoms with E-state index in [-0.39, 0.29) is 6.61 Å². The molecule has 5 nitrogen and oxygen atoms in total. The molecule has 0 radical (unpaired) electrons. The molecule has 130 valence electrons. The summed E-state index contributed by atoms with van der Waals surface area (Å²) in [6.45, 7) is -0.0401. The van der Waals surface area contributed by atoms with Gasteiger partial charge in [-0.3, -0.25) is 0 Å². The van der Waals surface area contributed by atoms with Crippen molar-refractivity contribution in [3.63, 3.8) is 0 Å². The molecule has 2 rings (SSSR count). The molecular weight excluding hydrogens is 308 g/mol. The van der Waals surface area contributed by atoms with Crippen molar-refractivity contribution in [2.24, 2.45) is 0 Å². The summed E-state index contributed by atoms with van der Waals surface area (Å²) < 4.78 is 21.5. The summed E-state index contributed by atoms with van der Waals surface area (Å²) in [6.07, 6.45) is 1.49. The van der Waals surface area contributed by atoms with Crippen LogP contribution in [0.3, 0.4) is 0 Å². The Kier molecular flexibility index (Phi) is 6.32. The second-order valence-corrected chi connectivity index (χ2v) is 5.29. The molecule has 0 spiro atoms. The number of rotatable bonds is 8. The van der Waals surface area contributed by atoms with Crippen molar-refractivity contribution in [3.05, 3.63) is 47.0 Å². The second kappa shape index (κ2) is 8.45. The normalized spacial score (nSPS) is 10.4. The van der Waals surface area contributed by atoms with Gasteiger partial charge in [-0.25, -0.2) is 0 Å². The van der Waals surface area contributed by atoms with Gasteiger partial charge in [-0.15, -0.1) is 0 Å². The summed E-state index contributed by atoms with van der Waals surface area (Å²) in [7, 11) is 6.45. The van der Waals surface area contributed by atoms with E-state index in [1.807, 2.05) is 30.3 Å². The van der Waals surface area contributed by atoms with Crippen molar-refractivity contribution in [1.82, 2.24) is 0 Å². The van der Waals surface area contributed by atoms with Crippen LogP contribution in [0.5, 0.6) is 23.0 Å². The van der Waals surface area contributed by atoms with Gasteiger partial charge in [-0.1, -0.05) is 12.1 Å². The van der Waals surface area contributed by atoms with Gasteiger partial charge < -0.3 is 24.1 Å². The molecule has 1 N–H and O–H groups in total. The van der Waals surface area contributed by atoms with Crippen molar-refractivity contribution in [2.75, 3.05) is 28.4 Å². The third-order valence-corrected chi connectivity index (χ3v) is 4.03. The first-order chi connectivity index (χ1) is 11.7. The molecule has 0 aliphatic carbocycles. The first kappa shape index (κ1) is 17.9. The summed E-state index contributed by atoms with van der Waals surface area (Å²) in [5, 5.41) is 9.62. The smallest absolute Gasteiger partial charge is 0.164 e. The molecule has 0 amide bonds. The largest absolute Gasteiger partial charge is 0.493 e. The van der Waals surface area contributed by atoms with Crippen LogP contribution in [0.15, 0.2) is 30.3 Å². The number of methoxy groups -OCH3 is 4. The van der Waals surface area contributed by atoms with Crippen LogP contribution in [0.1, 0.15) is 16.7 Å². The monoisotopic (exact) mass is 332 g/mol. The van der Waals surface area contributed by atoms with Crippen molar-refractivity contribution < 1.29 is 24.1 Å². The van der Waals surface area contributed by atoms with Crippen LogP contribution >= 0.6 is 0 Å². The quantitative estimate of drug-likeness (QED) is 0.805. The van der Waals surface area contributed by atoms with E-state index in [1.54, 1.807) is 28.4 Å². The van der Waals surface area contributed by atoms with Gasteiger partial charge in [0, 0.05) is 5.56 Å². The molecule has 2 aromatic carbocycles. The lowest BCUT2D eigenvalue weighted by Gasteiger charge is -2.16. The van der Waals surface area contributed by atoms with E-state index < -0.39 is 0 Å². The average molecular weight is 332 g/mol. The number of aryl methyl sites for hydroxylation is 1. The van der Waals surface area contributed by atoms with E-state index in [2.05, 4.69) is 0 Å². The summed E-state index contributed by atoms with van der Waals surface area (Å²) in [4.78, 5) is 0. The Morgan fingerprint density at radius 2 is 1.42 bits per heavy atom. The minimum atomic E-state index is -0.0401. The molecule has 0 aliphatic heterocycles. The minimum absolute atomic E-state index is 0.0401. The van der Waals surface area contributed by atoms with Crippen LogP contribution in [0, 0.1) is 0 Å². The van der Waals surface area contributed by atoms with E-state index >= 15 is 0 Å². The maximum absolute atomic E-state index is 9.62. The fourth-order valence-electron chi connectivity index (χ4n) is 2.76. The van der Waals surface area contributed by atoms with Gasteiger partial charge in [0.1, 0.15) is 0 Å². The van der Waals surface area contributed by atoms with Crippen LogP contribution in [0.25, 0.3) is 0 Å². The number of aliphatic hydroxyl groups excluding tert-OH is 1. The zero-order valence-electron chi connectivity index (χ0n) is 14.6. The van der Waals surface area contributed by atoms with E-state index in [1.165, 1.54) is 0 Å². The molecule has 0 saturated heterocycles. The lowest BCUT2D eigenvalue weighted by molar-refractivity contribution is 0.278. The van der Waals surface area contributed by atoms with Crippen LogP contribution in [0.4, 0.5) is 0 Å². The predicted octanol–water partition coefficient (Wildman–Crippen LogP) is 3.00. The lowest BCUT2D eigenvalue weighted by Crippen LogP contribution is -2.03. The lowest BCUT2D eigenvalue weighted by atomic mass is 9.98. The Balaban J connectivity index is 2.28. The van der Waals surface area contributed by atoms with Crippen LogP contribution in [-0.2, 0) is 19.4 Å². The minimum Gasteiger partial charge on any atom is -0.493 e. The summed E-state index contributed by atoms with van der Waals surface area (Å²) >= 11 is 0. The Bertz CT molecular complexity index is 682. The predicted molar refractivity (Wildman–Crippen MR) is 92.4 cm³/mol. The van der Waals surface area contributed by atoms with Crippen molar-refractivity contribution in [1.29, 1.82) is 0 Å².